The lowest BCUT2D eigenvalue weighted by Gasteiger charge is -2.22. The third-order valence-corrected chi connectivity index (χ3v) is 2.47. The number of ether oxygens (including phenoxy) is 2. The fourth-order valence-corrected chi connectivity index (χ4v) is 1.46. The van der Waals surface area contributed by atoms with Gasteiger partial charge in [-0.2, -0.15) is 0 Å². The molecule has 0 aliphatic heterocycles. The molecule has 18 heavy (non-hydrogen) atoms. The highest BCUT2D eigenvalue weighted by molar-refractivity contribution is 5.85. The molecule has 1 amide bonds. The third kappa shape index (κ3) is 9.65. The summed E-state index contributed by atoms with van der Waals surface area (Å²) in [6, 6.07) is 0. The molecule has 0 aromatic carbocycles. The van der Waals surface area contributed by atoms with Crippen molar-refractivity contribution in [2.24, 2.45) is 5.73 Å². The molecule has 0 rings (SSSR count). The lowest BCUT2D eigenvalue weighted by Crippen LogP contribution is -2.51. The fourth-order valence-electron chi connectivity index (χ4n) is 1.46. The van der Waals surface area contributed by atoms with Gasteiger partial charge in [0.15, 0.2) is 0 Å². The van der Waals surface area contributed by atoms with E-state index >= 15 is 0 Å². The fraction of sp³-hybridized carbons (Fsp3) is 0.917. The average molecular weight is 283 g/mol. The number of nitrogens with two attached hydrogens (primary N) is 1. The second kappa shape index (κ2) is 11.7. The van der Waals surface area contributed by atoms with E-state index in [4.69, 9.17) is 15.2 Å². The molecule has 0 aromatic heterocycles. The Morgan fingerprint density at radius 1 is 1.33 bits per heavy atom. The standard InChI is InChI=1S/C12H26N2O3.ClH/c1-4-6-12(2,13)11(15)14-7-5-8-17-10-9-16-3;/h4-10,13H2,1-3H3,(H,14,15);1H. The highest BCUT2D eigenvalue weighted by Crippen LogP contribution is 2.07. The van der Waals surface area contributed by atoms with E-state index in [1.54, 1.807) is 14.0 Å². The highest BCUT2D eigenvalue weighted by atomic mass is 35.5. The highest BCUT2D eigenvalue weighted by Gasteiger charge is 2.26. The summed E-state index contributed by atoms with van der Waals surface area (Å²) in [7, 11) is 1.64. The van der Waals surface area contributed by atoms with Gasteiger partial charge in [-0.1, -0.05) is 13.3 Å². The van der Waals surface area contributed by atoms with Crippen LogP contribution in [0.25, 0.3) is 0 Å². The number of amides is 1. The Balaban J connectivity index is 0. The third-order valence-electron chi connectivity index (χ3n) is 2.47. The number of carbonyl (C=O) groups excluding carboxylic acids is 1. The van der Waals surface area contributed by atoms with Crippen molar-refractivity contribution >= 4 is 18.3 Å². The van der Waals surface area contributed by atoms with Crippen molar-refractivity contribution in [3.05, 3.63) is 0 Å². The Morgan fingerprint density at radius 2 is 2.00 bits per heavy atom. The van der Waals surface area contributed by atoms with E-state index in [2.05, 4.69) is 5.32 Å². The lowest BCUT2D eigenvalue weighted by molar-refractivity contribution is -0.126. The van der Waals surface area contributed by atoms with E-state index in [1.807, 2.05) is 6.92 Å². The van der Waals surface area contributed by atoms with Crippen LogP contribution in [0.4, 0.5) is 0 Å². The van der Waals surface area contributed by atoms with E-state index in [0.717, 1.165) is 12.8 Å². The lowest BCUT2D eigenvalue weighted by atomic mass is 9.96. The molecule has 0 bridgehead atoms. The average Bonchev–Trinajstić information content (AvgIpc) is 2.27. The summed E-state index contributed by atoms with van der Waals surface area (Å²) >= 11 is 0. The van der Waals surface area contributed by atoms with E-state index in [0.29, 0.717) is 32.8 Å². The molecule has 0 aromatic rings. The van der Waals surface area contributed by atoms with E-state index in [9.17, 15) is 4.79 Å². The zero-order valence-electron chi connectivity index (χ0n) is 11.7. The van der Waals surface area contributed by atoms with Crippen molar-refractivity contribution < 1.29 is 14.3 Å². The molecule has 3 N–H and O–H groups in total. The molecule has 110 valence electrons. The zero-order valence-corrected chi connectivity index (χ0v) is 12.5. The second-order valence-electron chi connectivity index (χ2n) is 4.38. The largest absolute Gasteiger partial charge is 0.382 e. The number of hydrogen-bond donors (Lipinski definition) is 2. The predicted octanol–water partition coefficient (Wildman–Crippen LogP) is 1.09. The first kappa shape index (κ1) is 20.0. The van der Waals surface area contributed by atoms with E-state index in [-0.39, 0.29) is 18.3 Å². The van der Waals surface area contributed by atoms with Crippen LogP contribution in [-0.2, 0) is 14.3 Å². The molecule has 0 aliphatic carbocycles. The molecule has 0 radical (unpaired) electrons. The summed E-state index contributed by atoms with van der Waals surface area (Å²) in [4.78, 5) is 11.7. The number of methoxy groups -OCH3 is 1. The Hall–Kier alpha value is -0.360. The second-order valence-corrected chi connectivity index (χ2v) is 4.38. The maximum atomic E-state index is 11.7. The van der Waals surface area contributed by atoms with E-state index < -0.39 is 5.54 Å². The molecule has 0 saturated carbocycles. The smallest absolute Gasteiger partial charge is 0.239 e. The van der Waals surface area contributed by atoms with Gasteiger partial charge in [0.2, 0.25) is 5.91 Å². The van der Waals surface area contributed by atoms with Crippen molar-refractivity contribution in [3.8, 4) is 0 Å². The minimum Gasteiger partial charge on any atom is -0.382 e. The predicted molar refractivity (Wildman–Crippen MR) is 75.1 cm³/mol. The van der Waals surface area contributed by atoms with Gasteiger partial charge in [0.05, 0.1) is 18.8 Å². The van der Waals surface area contributed by atoms with Gasteiger partial charge < -0.3 is 20.5 Å². The number of halogens is 1. The normalized spacial score (nSPS) is 13.6. The van der Waals surface area contributed by atoms with Gasteiger partial charge in [0.1, 0.15) is 0 Å². The quantitative estimate of drug-likeness (QED) is 0.589. The Labute approximate surface area is 116 Å². The van der Waals surface area contributed by atoms with E-state index in [1.165, 1.54) is 0 Å². The van der Waals surface area contributed by atoms with Crippen LogP contribution in [0.5, 0.6) is 0 Å². The van der Waals surface area contributed by atoms with Gasteiger partial charge in [-0.15, -0.1) is 12.4 Å². The Bertz CT molecular complexity index is 213. The van der Waals surface area contributed by atoms with Crippen molar-refractivity contribution in [2.45, 2.75) is 38.6 Å². The van der Waals surface area contributed by atoms with Crippen LogP contribution in [0, 0.1) is 0 Å². The van der Waals surface area contributed by atoms with Crippen molar-refractivity contribution in [1.29, 1.82) is 0 Å². The number of carbonyl (C=O) groups is 1. The summed E-state index contributed by atoms with van der Waals surface area (Å²) in [5, 5.41) is 2.82. The van der Waals surface area contributed by atoms with Crippen LogP contribution in [0.1, 0.15) is 33.1 Å². The van der Waals surface area contributed by atoms with Gasteiger partial charge in [0, 0.05) is 20.3 Å². The van der Waals surface area contributed by atoms with Crippen LogP contribution in [0.15, 0.2) is 0 Å². The van der Waals surface area contributed by atoms with Crippen LogP contribution in [0.3, 0.4) is 0 Å². The molecule has 0 saturated heterocycles. The van der Waals surface area contributed by atoms with Crippen LogP contribution < -0.4 is 11.1 Å². The Morgan fingerprint density at radius 3 is 2.56 bits per heavy atom. The van der Waals surface area contributed by atoms with Crippen molar-refractivity contribution in [2.75, 3.05) is 33.5 Å². The molecular weight excluding hydrogens is 256 g/mol. The molecule has 0 fully saturated rings. The van der Waals surface area contributed by atoms with Crippen molar-refractivity contribution in [1.82, 2.24) is 5.32 Å². The topological polar surface area (TPSA) is 73.6 Å². The Kier molecular flexibility index (Phi) is 13.0. The number of rotatable bonds is 10. The molecule has 1 atom stereocenters. The SMILES string of the molecule is CCCC(C)(N)C(=O)NCCCOCCOC.Cl. The number of nitrogens with one attached hydrogen (secondary N) is 1. The summed E-state index contributed by atoms with van der Waals surface area (Å²) in [5.41, 5.74) is 5.13. The minimum atomic E-state index is -0.758. The first-order chi connectivity index (χ1) is 8.04. The maximum Gasteiger partial charge on any atom is 0.239 e. The van der Waals surface area contributed by atoms with Gasteiger partial charge in [0.25, 0.3) is 0 Å². The molecule has 5 nitrogen and oxygen atoms in total. The van der Waals surface area contributed by atoms with Crippen LogP contribution >= 0.6 is 12.4 Å². The first-order valence-electron chi connectivity index (χ1n) is 6.18. The van der Waals surface area contributed by atoms with Gasteiger partial charge in [-0.05, 0) is 19.8 Å². The monoisotopic (exact) mass is 282 g/mol. The maximum absolute atomic E-state index is 11.7. The van der Waals surface area contributed by atoms with Gasteiger partial charge in [-0.3, -0.25) is 4.79 Å². The zero-order chi connectivity index (χ0) is 13.1. The first-order valence-corrected chi connectivity index (χ1v) is 6.18. The minimum absolute atomic E-state index is 0. The molecular formula is C12H27ClN2O3. The molecule has 0 heterocycles. The molecule has 0 spiro atoms. The summed E-state index contributed by atoms with van der Waals surface area (Å²) < 4.78 is 10.1. The molecule has 1 unspecified atom stereocenters. The van der Waals surface area contributed by atoms with Gasteiger partial charge in [-0.25, -0.2) is 0 Å². The summed E-state index contributed by atoms with van der Waals surface area (Å²) in [6.45, 7) is 6.20. The molecule has 6 heteroatoms. The van der Waals surface area contributed by atoms with Crippen LogP contribution in [0.2, 0.25) is 0 Å². The van der Waals surface area contributed by atoms with Gasteiger partial charge >= 0.3 is 0 Å². The number of hydrogen-bond acceptors (Lipinski definition) is 4. The summed E-state index contributed by atoms with van der Waals surface area (Å²) in [6.07, 6.45) is 2.39. The molecule has 0 aliphatic rings. The summed E-state index contributed by atoms with van der Waals surface area (Å²) in [5.74, 6) is -0.0868. The van der Waals surface area contributed by atoms with Crippen LogP contribution in [-0.4, -0.2) is 44.9 Å². The van der Waals surface area contributed by atoms with Crippen molar-refractivity contribution in [3.63, 3.8) is 0 Å².